The topological polar surface area (TPSA) is 89.4 Å². The highest BCUT2D eigenvalue weighted by atomic mass is 16.5. The van der Waals surface area contributed by atoms with E-state index in [1.807, 2.05) is 16.6 Å². The van der Waals surface area contributed by atoms with Gasteiger partial charge >= 0.3 is 0 Å². The lowest BCUT2D eigenvalue weighted by atomic mass is 9.83. The Labute approximate surface area is 169 Å². The molecule has 8 heteroatoms. The normalized spacial score (nSPS) is 20.4. The fourth-order valence-corrected chi connectivity index (χ4v) is 4.34. The Bertz CT molecular complexity index is 943. The average Bonchev–Trinajstić information content (AvgIpc) is 3.51. The Morgan fingerprint density at radius 3 is 2.62 bits per heavy atom. The number of carbonyl (C=O) groups is 2. The first-order valence-electron chi connectivity index (χ1n) is 10.2. The van der Waals surface area contributed by atoms with Gasteiger partial charge in [0.05, 0.1) is 12.2 Å². The summed E-state index contributed by atoms with van der Waals surface area (Å²) in [5, 5.41) is 7.51. The number of nitrogens with zero attached hydrogens (tertiary/aromatic N) is 4. The van der Waals surface area contributed by atoms with Crippen LogP contribution >= 0.6 is 0 Å². The van der Waals surface area contributed by atoms with Gasteiger partial charge in [-0.25, -0.2) is 0 Å². The van der Waals surface area contributed by atoms with E-state index in [2.05, 4.69) is 15.4 Å². The molecule has 4 heterocycles. The van der Waals surface area contributed by atoms with Crippen molar-refractivity contribution in [3.63, 3.8) is 0 Å². The number of hydrogen-bond acceptors (Lipinski definition) is 5. The number of ether oxygens (including phenoxy) is 1. The van der Waals surface area contributed by atoms with Crippen LogP contribution in [0, 0.1) is 0 Å². The molecule has 1 saturated carbocycles. The summed E-state index contributed by atoms with van der Waals surface area (Å²) in [7, 11) is 1.90. The lowest BCUT2D eigenvalue weighted by Gasteiger charge is -2.43. The number of pyridine rings is 1. The quantitative estimate of drug-likeness (QED) is 0.850. The van der Waals surface area contributed by atoms with Crippen LogP contribution in [0.4, 0.5) is 0 Å². The van der Waals surface area contributed by atoms with Crippen LogP contribution in [0.1, 0.15) is 57.8 Å². The highest BCUT2D eigenvalue weighted by molar-refractivity contribution is 5.95. The summed E-state index contributed by atoms with van der Waals surface area (Å²) >= 11 is 0. The number of aromatic nitrogens is 3. The molecule has 0 unspecified atom stereocenters. The number of rotatable bonds is 3. The minimum Gasteiger partial charge on any atom is -0.370 e. The number of piperidine rings is 1. The summed E-state index contributed by atoms with van der Waals surface area (Å²) in [6.07, 6.45) is 7.66. The van der Waals surface area contributed by atoms with E-state index in [0.717, 1.165) is 43.4 Å². The van der Waals surface area contributed by atoms with Gasteiger partial charge in [0.25, 0.3) is 11.8 Å². The number of aryl methyl sites for hydroxylation is 1. The lowest BCUT2D eigenvalue weighted by Crippen LogP contribution is -2.50. The summed E-state index contributed by atoms with van der Waals surface area (Å²) in [5.74, 6) is -0.0556. The molecule has 0 atom stereocenters. The first-order chi connectivity index (χ1) is 14.0. The standard InChI is InChI=1S/C21H25N5O3/c1-25-17-12-21(29-13-16(17)18(24-25)19(27)23-15-2-3-15)6-10-26(11-7-21)20(28)14-4-8-22-9-5-14/h4-5,8-9,15H,2-3,6-7,10-13H2,1H3,(H,23,27). The van der Waals surface area contributed by atoms with Gasteiger partial charge in [-0.3, -0.25) is 19.3 Å². The predicted octanol–water partition coefficient (Wildman–Crippen LogP) is 1.45. The van der Waals surface area contributed by atoms with Crippen molar-refractivity contribution in [1.82, 2.24) is 25.0 Å². The molecule has 2 amide bonds. The highest BCUT2D eigenvalue weighted by Crippen LogP contribution is 2.37. The first-order valence-corrected chi connectivity index (χ1v) is 10.2. The number of fused-ring (bicyclic) bond motifs is 1. The van der Waals surface area contributed by atoms with Gasteiger partial charge in [0.2, 0.25) is 0 Å². The minimum absolute atomic E-state index is 0.0401. The maximum absolute atomic E-state index is 12.7. The van der Waals surface area contributed by atoms with E-state index in [0.29, 0.717) is 37.0 Å². The molecule has 5 rings (SSSR count). The molecule has 2 fully saturated rings. The molecule has 2 aromatic heterocycles. The van der Waals surface area contributed by atoms with Crippen LogP contribution in [0.5, 0.6) is 0 Å². The van der Waals surface area contributed by atoms with Gasteiger partial charge in [0.1, 0.15) is 0 Å². The zero-order chi connectivity index (χ0) is 20.0. The third-order valence-corrected chi connectivity index (χ3v) is 6.30. The van der Waals surface area contributed by atoms with E-state index in [-0.39, 0.29) is 17.4 Å². The second-order valence-corrected chi connectivity index (χ2v) is 8.32. The van der Waals surface area contributed by atoms with Gasteiger partial charge in [0, 0.05) is 61.8 Å². The van der Waals surface area contributed by atoms with Crippen LogP contribution in [0.3, 0.4) is 0 Å². The van der Waals surface area contributed by atoms with E-state index in [4.69, 9.17) is 4.74 Å². The third kappa shape index (κ3) is 3.42. The molecule has 0 radical (unpaired) electrons. The van der Waals surface area contributed by atoms with Gasteiger partial charge < -0.3 is 15.0 Å². The summed E-state index contributed by atoms with van der Waals surface area (Å²) in [5.41, 5.74) is 2.85. The number of nitrogens with one attached hydrogen (secondary N) is 1. The zero-order valence-electron chi connectivity index (χ0n) is 16.6. The predicted molar refractivity (Wildman–Crippen MR) is 104 cm³/mol. The molecule has 1 N–H and O–H groups in total. The number of hydrogen-bond donors (Lipinski definition) is 1. The van der Waals surface area contributed by atoms with E-state index in [1.165, 1.54) is 0 Å². The molecule has 152 valence electrons. The van der Waals surface area contributed by atoms with Gasteiger partial charge in [-0.1, -0.05) is 0 Å². The molecule has 1 saturated heterocycles. The monoisotopic (exact) mass is 395 g/mol. The smallest absolute Gasteiger partial charge is 0.272 e. The van der Waals surface area contributed by atoms with Crippen molar-refractivity contribution in [2.45, 2.75) is 50.4 Å². The zero-order valence-corrected chi connectivity index (χ0v) is 16.6. The van der Waals surface area contributed by atoms with E-state index in [9.17, 15) is 9.59 Å². The van der Waals surface area contributed by atoms with Crippen LogP contribution < -0.4 is 5.32 Å². The molecular weight excluding hydrogens is 370 g/mol. The highest BCUT2D eigenvalue weighted by Gasteiger charge is 2.42. The molecule has 0 aromatic carbocycles. The Balaban J connectivity index is 1.28. The van der Waals surface area contributed by atoms with Gasteiger partial charge in [-0.15, -0.1) is 0 Å². The molecule has 3 aliphatic rings. The van der Waals surface area contributed by atoms with Gasteiger partial charge in [-0.2, -0.15) is 5.10 Å². The maximum Gasteiger partial charge on any atom is 0.272 e. The number of likely N-dealkylation sites (tertiary alicyclic amines) is 1. The van der Waals surface area contributed by atoms with Gasteiger partial charge in [0.15, 0.2) is 5.69 Å². The fraction of sp³-hybridized carbons (Fsp3) is 0.524. The summed E-state index contributed by atoms with van der Waals surface area (Å²) in [4.78, 5) is 31.1. The molecule has 1 aliphatic carbocycles. The van der Waals surface area contributed by atoms with E-state index < -0.39 is 0 Å². The van der Waals surface area contributed by atoms with Crippen molar-refractivity contribution in [1.29, 1.82) is 0 Å². The third-order valence-electron chi connectivity index (χ3n) is 6.30. The fourth-order valence-electron chi connectivity index (χ4n) is 4.34. The van der Waals surface area contributed by atoms with Crippen molar-refractivity contribution in [3.8, 4) is 0 Å². The molecule has 1 spiro atoms. The van der Waals surface area contributed by atoms with Crippen molar-refractivity contribution < 1.29 is 14.3 Å². The van der Waals surface area contributed by atoms with Crippen LogP contribution in [0.2, 0.25) is 0 Å². The van der Waals surface area contributed by atoms with Crippen molar-refractivity contribution in [3.05, 3.63) is 47.0 Å². The second kappa shape index (κ2) is 6.95. The van der Waals surface area contributed by atoms with Crippen LogP contribution in [0.25, 0.3) is 0 Å². The van der Waals surface area contributed by atoms with Crippen LogP contribution in [0.15, 0.2) is 24.5 Å². The SMILES string of the molecule is Cn1nc(C(=O)NC2CC2)c2c1CC1(CCN(C(=O)c3ccncc3)CC1)OC2. The summed E-state index contributed by atoms with van der Waals surface area (Å²) < 4.78 is 8.14. The Morgan fingerprint density at radius 2 is 1.93 bits per heavy atom. The molecule has 0 bridgehead atoms. The molecule has 29 heavy (non-hydrogen) atoms. The Kier molecular flexibility index (Phi) is 4.38. The summed E-state index contributed by atoms with van der Waals surface area (Å²) in [6, 6.07) is 3.80. The van der Waals surface area contributed by atoms with Crippen LogP contribution in [-0.2, 0) is 24.8 Å². The summed E-state index contributed by atoms with van der Waals surface area (Å²) in [6.45, 7) is 1.71. The largest absolute Gasteiger partial charge is 0.370 e. The van der Waals surface area contributed by atoms with E-state index in [1.54, 1.807) is 24.5 Å². The van der Waals surface area contributed by atoms with Crippen molar-refractivity contribution in [2.24, 2.45) is 7.05 Å². The van der Waals surface area contributed by atoms with E-state index >= 15 is 0 Å². The minimum atomic E-state index is -0.292. The van der Waals surface area contributed by atoms with Crippen molar-refractivity contribution in [2.75, 3.05) is 13.1 Å². The molecule has 2 aliphatic heterocycles. The average molecular weight is 395 g/mol. The molecule has 8 nitrogen and oxygen atoms in total. The Morgan fingerprint density at radius 1 is 1.21 bits per heavy atom. The lowest BCUT2D eigenvalue weighted by molar-refractivity contribution is -0.0990. The van der Waals surface area contributed by atoms with Gasteiger partial charge in [-0.05, 0) is 37.8 Å². The first kappa shape index (κ1) is 18.3. The molecule has 2 aromatic rings. The maximum atomic E-state index is 12.7. The number of amides is 2. The van der Waals surface area contributed by atoms with Crippen molar-refractivity contribution >= 4 is 11.8 Å². The number of carbonyl (C=O) groups excluding carboxylic acids is 2. The Hall–Kier alpha value is -2.74. The van der Waals surface area contributed by atoms with Crippen LogP contribution in [-0.4, -0.2) is 56.2 Å². The molecular formula is C21H25N5O3. The second-order valence-electron chi connectivity index (χ2n) is 8.32.